The number of hydrogen-bond donors (Lipinski definition) is 0. The van der Waals surface area contributed by atoms with Crippen LogP contribution in [-0.4, -0.2) is 68.0 Å². The summed E-state index contributed by atoms with van der Waals surface area (Å²) in [5.74, 6) is -0.0856. The maximum Gasteiger partial charge on any atom is 0.253 e. The van der Waals surface area contributed by atoms with Crippen LogP contribution in [0.4, 0.5) is 0 Å². The molecule has 1 unspecified atom stereocenters. The highest BCUT2D eigenvalue weighted by Gasteiger charge is 2.31. The molecule has 0 radical (unpaired) electrons. The molecule has 5 rings (SSSR count). The summed E-state index contributed by atoms with van der Waals surface area (Å²) in [6.45, 7) is 6.45. The van der Waals surface area contributed by atoms with Crippen LogP contribution in [0.25, 0.3) is 26.2 Å². The van der Waals surface area contributed by atoms with E-state index < -0.39 is 0 Å². The van der Waals surface area contributed by atoms with Gasteiger partial charge in [0.05, 0.1) is 11.6 Å². The van der Waals surface area contributed by atoms with Crippen molar-refractivity contribution in [1.82, 2.24) is 30.0 Å². The Morgan fingerprint density at radius 1 is 1.11 bits per heavy atom. The van der Waals surface area contributed by atoms with Crippen molar-refractivity contribution in [3.8, 4) is 16.1 Å². The largest absolute Gasteiger partial charge is 0.343 e. The Kier molecular flexibility index (Phi) is 6.59. The van der Waals surface area contributed by atoms with Gasteiger partial charge in [0.15, 0.2) is 0 Å². The first kappa shape index (κ1) is 23.2. The van der Waals surface area contributed by atoms with Gasteiger partial charge in [0.2, 0.25) is 5.91 Å². The Morgan fingerprint density at radius 2 is 1.94 bits per heavy atom. The molecule has 9 heteroatoms. The average molecular weight is 489 g/mol. The fourth-order valence-electron chi connectivity index (χ4n) is 4.75. The Hall–Kier alpha value is -3.59. The van der Waals surface area contributed by atoms with Gasteiger partial charge in [0.1, 0.15) is 6.33 Å². The van der Waals surface area contributed by atoms with Gasteiger partial charge in [0, 0.05) is 41.3 Å². The minimum Gasteiger partial charge on any atom is -0.343 e. The normalized spacial score (nSPS) is 15.9. The van der Waals surface area contributed by atoms with Crippen LogP contribution in [0.2, 0.25) is 0 Å². The maximum absolute atomic E-state index is 13.7. The lowest BCUT2D eigenvalue weighted by atomic mass is 9.95. The second-order valence-electron chi connectivity index (χ2n) is 8.77. The zero-order valence-corrected chi connectivity index (χ0v) is 20.7. The lowest BCUT2D eigenvalue weighted by molar-refractivity contribution is -0.136. The van der Waals surface area contributed by atoms with E-state index in [-0.39, 0.29) is 17.7 Å². The molecule has 1 aliphatic rings. The van der Waals surface area contributed by atoms with E-state index in [1.54, 1.807) is 16.0 Å². The summed E-state index contributed by atoms with van der Waals surface area (Å²) < 4.78 is 2.76. The van der Waals surface area contributed by atoms with Gasteiger partial charge in [-0.2, -0.15) is 0 Å². The highest BCUT2D eigenvalue weighted by atomic mass is 32.1. The van der Waals surface area contributed by atoms with Crippen LogP contribution in [0.15, 0.2) is 54.9 Å². The Labute approximate surface area is 208 Å². The third kappa shape index (κ3) is 4.68. The Morgan fingerprint density at radius 3 is 2.69 bits per heavy atom. The molecule has 1 saturated heterocycles. The fraction of sp³-hybridized carbons (Fsp3) is 0.346. The van der Waals surface area contributed by atoms with Crippen molar-refractivity contribution in [2.45, 2.75) is 26.7 Å². The number of thiophene rings is 1. The fourth-order valence-corrected chi connectivity index (χ4v) is 5.80. The molecule has 2 aromatic carbocycles. The predicted octanol–water partition coefficient (Wildman–Crippen LogP) is 4.26. The zero-order valence-electron chi connectivity index (χ0n) is 19.9. The van der Waals surface area contributed by atoms with Crippen molar-refractivity contribution < 1.29 is 9.59 Å². The number of nitrogens with zero attached hydrogens (tertiary/aromatic N) is 6. The first-order valence-electron chi connectivity index (χ1n) is 12.0. The predicted molar refractivity (Wildman–Crippen MR) is 137 cm³/mol. The first-order chi connectivity index (χ1) is 17.1. The number of likely N-dealkylation sites (tertiary alicyclic amines) is 1. The third-order valence-electron chi connectivity index (χ3n) is 6.62. The van der Waals surface area contributed by atoms with Crippen LogP contribution >= 0.6 is 11.3 Å². The summed E-state index contributed by atoms with van der Waals surface area (Å²) in [5.41, 5.74) is 2.23. The van der Waals surface area contributed by atoms with Gasteiger partial charge in [-0.15, -0.1) is 16.4 Å². The van der Waals surface area contributed by atoms with Crippen molar-refractivity contribution in [3.63, 3.8) is 0 Å². The SMILES string of the molecule is CCN(CC)C(=O)C1CCCN(C(=O)c2cc(-c3cc4ccccc4s3)cc(-n3cnnn3)c2)C1. The molecule has 4 aromatic rings. The number of aromatic nitrogens is 4. The van der Waals surface area contributed by atoms with Crippen molar-refractivity contribution in [2.24, 2.45) is 5.92 Å². The maximum atomic E-state index is 13.7. The number of hydrogen-bond acceptors (Lipinski definition) is 6. The Balaban J connectivity index is 1.48. The van der Waals surface area contributed by atoms with Gasteiger partial charge in [-0.25, -0.2) is 4.68 Å². The minimum atomic E-state index is -0.155. The highest BCUT2D eigenvalue weighted by Crippen LogP contribution is 2.35. The molecule has 8 nitrogen and oxygen atoms in total. The van der Waals surface area contributed by atoms with E-state index in [9.17, 15) is 9.59 Å². The van der Waals surface area contributed by atoms with Crippen LogP contribution in [0.5, 0.6) is 0 Å². The summed E-state index contributed by atoms with van der Waals surface area (Å²) in [7, 11) is 0. The zero-order chi connectivity index (χ0) is 24.4. The molecule has 35 heavy (non-hydrogen) atoms. The molecule has 0 bridgehead atoms. The number of piperidine rings is 1. The number of tetrazole rings is 1. The molecule has 0 spiro atoms. The van der Waals surface area contributed by atoms with E-state index in [1.165, 1.54) is 16.4 Å². The van der Waals surface area contributed by atoms with Crippen LogP contribution in [0.1, 0.15) is 37.0 Å². The average Bonchev–Trinajstić information content (AvgIpc) is 3.59. The lowest BCUT2D eigenvalue weighted by Crippen LogP contribution is -2.46. The number of carbonyl (C=O) groups excluding carboxylic acids is 2. The van der Waals surface area contributed by atoms with Crippen LogP contribution in [0, 0.1) is 5.92 Å². The van der Waals surface area contributed by atoms with E-state index in [0.717, 1.165) is 29.0 Å². The molecule has 0 saturated carbocycles. The first-order valence-corrected chi connectivity index (χ1v) is 12.8. The summed E-state index contributed by atoms with van der Waals surface area (Å²) in [6.07, 6.45) is 3.16. The van der Waals surface area contributed by atoms with Crippen LogP contribution in [0.3, 0.4) is 0 Å². The van der Waals surface area contributed by atoms with E-state index >= 15 is 0 Å². The molecule has 0 N–H and O–H groups in total. The molecule has 1 fully saturated rings. The number of fused-ring (bicyclic) bond motifs is 1. The number of rotatable bonds is 6. The molecule has 1 atom stereocenters. The summed E-state index contributed by atoms with van der Waals surface area (Å²) in [6, 6.07) is 16.2. The number of carbonyl (C=O) groups is 2. The van der Waals surface area contributed by atoms with E-state index in [2.05, 4.69) is 33.7 Å². The summed E-state index contributed by atoms with van der Waals surface area (Å²) in [4.78, 5) is 31.4. The van der Waals surface area contributed by atoms with Gasteiger partial charge in [0.25, 0.3) is 5.91 Å². The monoisotopic (exact) mass is 488 g/mol. The van der Waals surface area contributed by atoms with Crippen LogP contribution < -0.4 is 0 Å². The number of benzene rings is 2. The molecular weight excluding hydrogens is 460 g/mol. The van der Waals surface area contributed by atoms with E-state index in [4.69, 9.17) is 0 Å². The van der Waals surface area contributed by atoms with E-state index in [1.807, 2.05) is 54.0 Å². The van der Waals surface area contributed by atoms with Crippen molar-refractivity contribution in [2.75, 3.05) is 26.2 Å². The summed E-state index contributed by atoms with van der Waals surface area (Å²) in [5, 5.41) is 12.7. The number of amides is 2. The van der Waals surface area contributed by atoms with E-state index in [0.29, 0.717) is 31.7 Å². The third-order valence-corrected chi connectivity index (χ3v) is 7.79. The van der Waals surface area contributed by atoms with Crippen LogP contribution in [-0.2, 0) is 4.79 Å². The molecule has 1 aliphatic heterocycles. The second-order valence-corrected chi connectivity index (χ2v) is 9.86. The van der Waals surface area contributed by atoms with Crippen molar-refractivity contribution >= 4 is 33.2 Å². The second kappa shape index (κ2) is 9.95. The highest BCUT2D eigenvalue weighted by molar-refractivity contribution is 7.22. The quantitative estimate of drug-likeness (QED) is 0.405. The van der Waals surface area contributed by atoms with Gasteiger partial charge in [-0.3, -0.25) is 9.59 Å². The molecule has 3 heterocycles. The topological polar surface area (TPSA) is 84.2 Å². The van der Waals surface area contributed by atoms with Gasteiger partial charge in [-0.1, -0.05) is 18.2 Å². The molecule has 0 aliphatic carbocycles. The molecular formula is C26H28N6O2S. The lowest BCUT2D eigenvalue weighted by Gasteiger charge is -2.34. The van der Waals surface area contributed by atoms with Gasteiger partial charge >= 0.3 is 0 Å². The molecule has 180 valence electrons. The smallest absolute Gasteiger partial charge is 0.253 e. The van der Waals surface area contributed by atoms with Crippen molar-refractivity contribution in [1.29, 1.82) is 0 Å². The minimum absolute atomic E-state index is 0.0701. The van der Waals surface area contributed by atoms with Crippen molar-refractivity contribution in [3.05, 3.63) is 60.4 Å². The van der Waals surface area contributed by atoms with Gasteiger partial charge < -0.3 is 9.80 Å². The summed E-state index contributed by atoms with van der Waals surface area (Å²) >= 11 is 1.69. The Bertz CT molecular complexity index is 1310. The van der Waals surface area contributed by atoms with Gasteiger partial charge in [-0.05, 0) is 78.4 Å². The molecule has 2 amide bonds. The standard InChI is InChI=1S/C26H28N6O2S/c1-3-30(4-2)25(33)19-9-7-11-31(16-19)26(34)21-12-20(13-22(14-21)32-17-27-28-29-32)24-15-18-8-5-6-10-23(18)35-24/h5-6,8,10,12-15,17,19H,3-4,7,9,11,16H2,1-2H3. The molecule has 2 aromatic heterocycles.